The molecule has 0 saturated carbocycles. The summed E-state index contributed by atoms with van der Waals surface area (Å²) in [5.41, 5.74) is 4.89. The Hall–Kier alpha value is -3.70. The fourth-order valence-electron chi connectivity index (χ4n) is 3.57. The maximum atomic E-state index is 13.2. The van der Waals surface area contributed by atoms with Crippen LogP contribution < -0.4 is 10.2 Å². The Balaban J connectivity index is 1.75. The third-order valence-electron chi connectivity index (χ3n) is 5.40. The number of carbonyl (C=O) groups excluding carboxylic acids is 2. The van der Waals surface area contributed by atoms with Crippen molar-refractivity contribution in [3.8, 4) is 0 Å². The van der Waals surface area contributed by atoms with E-state index in [1.54, 1.807) is 11.0 Å². The molecule has 3 aromatic carbocycles. The first-order valence-corrected chi connectivity index (χ1v) is 11.5. The van der Waals surface area contributed by atoms with Crippen LogP contribution in [-0.2, 0) is 22.6 Å². The van der Waals surface area contributed by atoms with Crippen LogP contribution in [0.15, 0.2) is 84.9 Å². The molecule has 3 rings (SSSR count). The van der Waals surface area contributed by atoms with E-state index in [4.69, 9.17) is 0 Å². The first-order chi connectivity index (χ1) is 16.4. The molecule has 0 radical (unpaired) electrons. The van der Waals surface area contributed by atoms with Crippen LogP contribution in [0.5, 0.6) is 0 Å². The second-order valence-corrected chi connectivity index (χ2v) is 8.65. The summed E-state index contributed by atoms with van der Waals surface area (Å²) in [5.74, 6) is -0.104. The van der Waals surface area contributed by atoms with Crippen molar-refractivity contribution in [2.45, 2.75) is 19.9 Å². The van der Waals surface area contributed by atoms with E-state index in [2.05, 4.69) is 11.4 Å². The van der Waals surface area contributed by atoms with Crippen LogP contribution in [0.1, 0.15) is 22.3 Å². The van der Waals surface area contributed by atoms with E-state index >= 15 is 0 Å². The van der Waals surface area contributed by atoms with Gasteiger partial charge < -0.3 is 15.1 Å². The monoisotopic (exact) mass is 455 g/mol. The second kappa shape index (κ2) is 12.5. The molecule has 0 aliphatic rings. The number of anilines is 1. The normalized spacial score (nSPS) is 11.1. The molecule has 34 heavy (non-hydrogen) atoms. The quantitative estimate of drug-likeness (QED) is 0.459. The summed E-state index contributed by atoms with van der Waals surface area (Å²) in [6.07, 6.45) is 3.75. The van der Waals surface area contributed by atoms with Crippen molar-refractivity contribution in [2.75, 3.05) is 32.1 Å². The van der Waals surface area contributed by atoms with E-state index < -0.39 is 0 Å². The highest BCUT2D eigenvalue weighted by atomic mass is 16.2. The van der Waals surface area contributed by atoms with Gasteiger partial charge in [0, 0.05) is 24.9 Å². The minimum atomic E-state index is -0.0977. The van der Waals surface area contributed by atoms with Gasteiger partial charge in [-0.05, 0) is 55.9 Å². The summed E-state index contributed by atoms with van der Waals surface area (Å²) < 4.78 is 0. The van der Waals surface area contributed by atoms with Gasteiger partial charge in [0.2, 0.25) is 5.91 Å². The van der Waals surface area contributed by atoms with Crippen LogP contribution in [0.3, 0.4) is 0 Å². The molecule has 0 heterocycles. The molecule has 5 nitrogen and oxygen atoms in total. The number of hydrogen-bond acceptors (Lipinski definition) is 3. The molecule has 0 fully saturated rings. The molecule has 0 saturated heterocycles. The molecule has 0 atom stereocenters. The molecule has 0 unspecified atom stereocenters. The Bertz CT molecular complexity index is 1110. The predicted molar refractivity (Wildman–Crippen MR) is 140 cm³/mol. The van der Waals surface area contributed by atoms with Gasteiger partial charge in [0.1, 0.15) is 0 Å². The standard InChI is InChI=1S/C29H33N3O2/c1-23-8-7-11-26(20-23)22-32(29(34)17-14-24-9-5-4-6-10-24)27-15-12-25(13-16-27)21-28(33)30-18-19-31(2)3/h4-17,20H,18-19,21-22H2,1-3H3,(H,30,33)/b17-14+. The van der Waals surface area contributed by atoms with Gasteiger partial charge in [0.05, 0.1) is 13.0 Å². The summed E-state index contributed by atoms with van der Waals surface area (Å²) in [6, 6.07) is 25.6. The molecule has 176 valence electrons. The highest BCUT2D eigenvalue weighted by Crippen LogP contribution is 2.20. The van der Waals surface area contributed by atoms with Gasteiger partial charge in [0.15, 0.2) is 0 Å². The topological polar surface area (TPSA) is 52.7 Å². The first-order valence-electron chi connectivity index (χ1n) is 11.5. The molecule has 3 aromatic rings. The van der Waals surface area contributed by atoms with E-state index in [0.29, 0.717) is 19.5 Å². The van der Waals surface area contributed by atoms with Crippen LogP contribution in [0.4, 0.5) is 5.69 Å². The molecule has 0 aliphatic carbocycles. The number of hydrogen-bond donors (Lipinski definition) is 1. The van der Waals surface area contributed by atoms with Gasteiger partial charge in [-0.15, -0.1) is 0 Å². The van der Waals surface area contributed by atoms with Crippen LogP contribution in [0.2, 0.25) is 0 Å². The van der Waals surface area contributed by atoms with Crippen molar-refractivity contribution in [3.05, 3.63) is 107 Å². The number of rotatable bonds is 10. The molecular formula is C29H33N3O2. The Morgan fingerprint density at radius 2 is 1.62 bits per heavy atom. The molecule has 1 N–H and O–H groups in total. The van der Waals surface area contributed by atoms with Gasteiger partial charge in [-0.2, -0.15) is 0 Å². The summed E-state index contributed by atoms with van der Waals surface area (Å²) in [7, 11) is 3.95. The van der Waals surface area contributed by atoms with Crippen molar-refractivity contribution in [2.24, 2.45) is 0 Å². The third kappa shape index (κ3) is 8.01. The van der Waals surface area contributed by atoms with Gasteiger partial charge in [-0.3, -0.25) is 9.59 Å². The molecule has 5 heteroatoms. The van der Waals surface area contributed by atoms with Crippen molar-refractivity contribution in [1.82, 2.24) is 10.2 Å². The highest BCUT2D eigenvalue weighted by molar-refractivity contribution is 6.03. The molecule has 0 bridgehead atoms. The number of carbonyl (C=O) groups is 2. The SMILES string of the molecule is Cc1cccc(CN(C(=O)/C=C/c2ccccc2)c2ccc(CC(=O)NCCN(C)C)cc2)c1. The van der Waals surface area contributed by atoms with E-state index in [1.165, 1.54) is 0 Å². The summed E-state index contributed by atoms with van der Waals surface area (Å²) in [6.45, 7) is 3.93. The first kappa shape index (κ1) is 24.9. The van der Waals surface area contributed by atoms with Crippen LogP contribution >= 0.6 is 0 Å². The summed E-state index contributed by atoms with van der Waals surface area (Å²) >= 11 is 0. The molecule has 2 amide bonds. The minimum Gasteiger partial charge on any atom is -0.355 e. The number of benzene rings is 3. The average molecular weight is 456 g/mol. The summed E-state index contributed by atoms with van der Waals surface area (Å²) in [5, 5.41) is 2.93. The number of aryl methyl sites for hydroxylation is 1. The zero-order valence-corrected chi connectivity index (χ0v) is 20.2. The highest BCUT2D eigenvalue weighted by Gasteiger charge is 2.15. The number of nitrogens with zero attached hydrogens (tertiary/aromatic N) is 2. The predicted octanol–water partition coefficient (Wildman–Crippen LogP) is 4.46. The van der Waals surface area contributed by atoms with Crippen LogP contribution in [0.25, 0.3) is 6.08 Å². The lowest BCUT2D eigenvalue weighted by atomic mass is 10.1. The number of amides is 2. The van der Waals surface area contributed by atoms with E-state index in [1.807, 2.05) is 105 Å². The van der Waals surface area contributed by atoms with Crippen molar-refractivity contribution < 1.29 is 9.59 Å². The molecule has 0 aromatic heterocycles. The lowest BCUT2D eigenvalue weighted by Crippen LogP contribution is -2.32. The zero-order chi connectivity index (χ0) is 24.3. The van der Waals surface area contributed by atoms with Gasteiger partial charge in [0.25, 0.3) is 5.91 Å². The molecular weight excluding hydrogens is 422 g/mol. The molecule has 0 aliphatic heterocycles. The van der Waals surface area contributed by atoms with Crippen LogP contribution in [0, 0.1) is 6.92 Å². The Kier molecular flexibility index (Phi) is 9.18. The average Bonchev–Trinajstić information content (AvgIpc) is 2.82. The largest absolute Gasteiger partial charge is 0.355 e. The smallest absolute Gasteiger partial charge is 0.251 e. The van der Waals surface area contributed by atoms with E-state index in [-0.39, 0.29) is 11.8 Å². The summed E-state index contributed by atoms with van der Waals surface area (Å²) in [4.78, 5) is 29.2. The lowest BCUT2D eigenvalue weighted by molar-refractivity contribution is -0.120. The van der Waals surface area contributed by atoms with Crippen LogP contribution in [-0.4, -0.2) is 43.9 Å². The third-order valence-corrected chi connectivity index (χ3v) is 5.40. The maximum Gasteiger partial charge on any atom is 0.251 e. The van der Waals surface area contributed by atoms with Crippen molar-refractivity contribution >= 4 is 23.6 Å². The minimum absolute atomic E-state index is 0.00640. The number of nitrogens with one attached hydrogen (secondary N) is 1. The fourth-order valence-corrected chi connectivity index (χ4v) is 3.57. The second-order valence-electron chi connectivity index (χ2n) is 8.65. The lowest BCUT2D eigenvalue weighted by Gasteiger charge is -2.22. The Morgan fingerprint density at radius 1 is 0.882 bits per heavy atom. The maximum absolute atomic E-state index is 13.2. The van der Waals surface area contributed by atoms with Gasteiger partial charge in [-0.25, -0.2) is 0 Å². The van der Waals surface area contributed by atoms with Crippen molar-refractivity contribution in [3.63, 3.8) is 0 Å². The Labute approximate surface area is 202 Å². The molecule has 0 spiro atoms. The fraction of sp³-hybridized carbons (Fsp3) is 0.241. The number of likely N-dealkylation sites (N-methyl/N-ethyl adjacent to an activating group) is 1. The van der Waals surface area contributed by atoms with Gasteiger partial charge in [-0.1, -0.05) is 72.3 Å². The van der Waals surface area contributed by atoms with E-state index in [0.717, 1.165) is 34.5 Å². The zero-order valence-electron chi connectivity index (χ0n) is 20.2. The van der Waals surface area contributed by atoms with E-state index in [9.17, 15) is 9.59 Å². The van der Waals surface area contributed by atoms with Crippen molar-refractivity contribution in [1.29, 1.82) is 0 Å². The Morgan fingerprint density at radius 3 is 2.29 bits per heavy atom. The van der Waals surface area contributed by atoms with Gasteiger partial charge >= 0.3 is 0 Å².